The molecule has 1 fully saturated rings. The van der Waals surface area contributed by atoms with Gasteiger partial charge in [0, 0.05) is 33.1 Å². The van der Waals surface area contributed by atoms with Crippen molar-refractivity contribution in [1.29, 1.82) is 0 Å². The molecule has 0 aromatic rings. The molecule has 0 aliphatic carbocycles. The average Bonchev–Trinajstić information content (AvgIpc) is 2.43. The zero-order valence-electron chi connectivity index (χ0n) is 11.6. The monoisotopic (exact) mass is 271 g/mol. The number of piperidine rings is 1. The van der Waals surface area contributed by atoms with Gasteiger partial charge < -0.3 is 19.9 Å². The van der Waals surface area contributed by atoms with Gasteiger partial charge in [-0.3, -0.25) is 9.59 Å². The van der Waals surface area contributed by atoms with Crippen molar-refractivity contribution in [2.24, 2.45) is 5.92 Å². The number of ether oxygens (including phenoxy) is 1. The van der Waals surface area contributed by atoms with Crippen LogP contribution >= 0.6 is 0 Å². The van der Waals surface area contributed by atoms with E-state index in [1.807, 2.05) is 0 Å². The number of urea groups is 1. The number of esters is 1. The van der Waals surface area contributed by atoms with E-state index in [0.717, 1.165) is 0 Å². The van der Waals surface area contributed by atoms with E-state index >= 15 is 0 Å². The molecular formula is C12H21N3O4. The summed E-state index contributed by atoms with van der Waals surface area (Å²) in [6, 6.07) is -0.0339. The number of methoxy groups -OCH3 is 1. The van der Waals surface area contributed by atoms with Gasteiger partial charge in [-0.15, -0.1) is 0 Å². The molecule has 19 heavy (non-hydrogen) atoms. The molecule has 0 radical (unpaired) electrons. The van der Waals surface area contributed by atoms with Crippen molar-refractivity contribution in [1.82, 2.24) is 15.1 Å². The highest BCUT2D eigenvalue weighted by atomic mass is 16.5. The molecule has 1 N–H and O–H groups in total. The Morgan fingerprint density at radius 2 is 1.84 bits per heavy atom. The van der Waals surface area contributed by atoms with Gasteiger partial charge >= 0.3 is 12.0 Å². The SMILES string of the molecule is COC(=O)CNC(=O)C1CCN(C(=O)N(C)C)CC1. The topological polar surface area (TPSA) is 79.0 Å². The van der Waals surface area contributed by atoms with Crippen LogP contribution in [0.15, 0.2) is 0 Å². The number of hydrogen-bond donors (Lipinski definition) is 1. The van der Waals surface area contributed by atoms with Gasteiger partial charge in [-0.2, -0.15) is 0 Å². The smallest absolute Gasteiger partial charge is 0.325 e. The van der Waals surface area contributed by atoms with Crippen LogP contribution in [0.2, 0.25) is 0 Å². The number of nitrogens with zero attached hydrogens (tertiary/aromatic N) is 2. The highest BCUT2D eigenvalue weighted by Crippen LogP contribution is 2.17. The molecule has 7 heteroatoms. The van der Waals surface area contributed by atoms with Crippen LogP contribution in [-0.2, 0) is 14.3 Å². The van der Waals surface area contributed by atoms with Gasteiger partial charge in [0.1, 0.15) is 6.54 Å². The minimum Gasteiger partial charge on any atom is -0.468 e. The average molecular weight is 271 g/mol. The maximum Gasteiger partial charge on any atom is 0.325 e. The quantitative estimate of drug-likeness (QED) is 0.713. The molecule has 1 saturated heterocycles. The van der Waals surface area contributed by atoms with Gasteiger partial charge in [0.05, 0.1) is 7.11 Å². The fourth-order valence-corrected chi connectivity index (χ4v) is 1.99. The maximum atomic E-state index is 11.8. The number of likely N-dealkylation sites (tertiary alicyclic amines) is 1. The van der Waals surface area contributed by atoms with Crippen LogP contribution in [0.25, 0.3) is 0 Å². The fraction of sp³-hybridized carbons (Fsp3) is 0.750. The molecule has 0 saturated carbocycles. The lowest BCUT2D eigenvalue weighted by atomic mass is 9.96. The summed E-state index contributed by atoms with van der Waals surface area (Å²) in [4.78, 5) is 37.7. The summed E-state index contributed by atoms with van der Waals surface area (Å²) in [5, 5.41) is 2.54. The van der Waals surface area contributed by atoms with Crippen LogP contribution in [-0.4, -0.2) is 68.5 Å². The number of hydrogen-bond acceptors (Lipinski definition) is 4. The summed E-state index contributed by atoms with van der Waals surface area (Å²) < 4.78 is 4.45. The zero-order chi connectivity index (χ0) is 14.4. The van der Waals surface area contributed by atoms with Crippen molar-refractivity contribution < 1.29 is 19.1 Å². The normalized spacial score (nSPS) is 15.8. The molecule has 0 spiro atoms. The van der Waals surface area contributed by atoms with Crippen LogP contribution < -0.4 is 5.32 Å². The Bertz CT molecular complexity index is 349. The third-order valence-electron chi connectivity index (χ3n) is 3.15. The maximum absolute atomic E-state index is 11.8. The van der Waals surface area contributed by atoms with E-state index in [1.165, 1.54) is 12.0 Å². The summed E-state index contributed by atoms with van der Waals surface area (Å²) in [5.74, 6) is -0.758. The van der Waals surface area contributed by atoms with E-state index in [9.17, 15) is 14.4 Å². The molecule has 7 nitrogen and oxygen atoms in total. The largest absolute Gasteiger partial charge is 0.468 e. The van der Waals surface area contributed by atoms with E-state index < -0.39 is 5.97 Å². The van der Waals surface area contributed by atoms with E-state index in [-0.39, 0.29) is 24.4 Å². The lowest BCUT2D eigenvalue weighted by Gasteiger charge is -2.32. The van der Waals surface area contributed by atoms with Crippen molar-refractivity contribution in [3.8, 4) is 0 Å². The van der Waals surface area contributed by atoms with Crippen LogP contribution in [0.1, 0.15) is 12.8 Å². The molecule has 1 aliphatic heterocycles. The third kappa shape index (κ3) is 4.42. The van der Waals surface area contributed by atoms with E-state index in [1.54, 1.807) is 19.0 Å². The number of carbonyl (C=O) groups excluding carboxylic acids is 3. The first-order chi connectivity index (χ1) is 8.95. The Morgan fingerprint density at radius 1 is 1.26 bits per heavy atom. The number of rotatable bonds is 3. The molecule has 108 valence electrons. The van der Waals surface area contributed by atoms with Gasteiger partial charge in [-0.05, 0) is 12.8 Å². The Morgan fingerprint density at radius 3 is 2.32 bits per heavy atom. The van der Waals surface area contributed by atoms with Gasteiger partial charge in [-0.1, -0.05) is 0 Å². The summed E-state index contributed by atoms with van der Waals surface area (Å²) in [7, 11) is 4.69. The third-order valence-corrected chi connectivity index (χ3v) is 3.15. The number of carbonyl (C=O) groups is 3. The Balaban J connectivity index is 2.35. The van der Waals surface area contributed by atoms with Gasteiger partial charge in [0.25, 0.3) is 0 Å². The lowest BCUT2D eigenvalue weighted by Crippen LogP contribution is -2.46. The van der Waals surface area contributed by atoms with Crippen LogP contribution in [0.4, 0.5) is 4.79 Å². The zero-order valence-corrected chi connectivity index (χ0v) is 11.6. The molecular weight excluding hydrogens is 250 g/mol. The first-order valence-electron chi connectivity index (χ1n) is 6.26. The van der Waals surface area contributed by atoms with Crippen molar-refractivity contribution in [2.75, 3.05) is 40.8 Å². The molecule has 1 aliphatic rings. The molecule has 1 rings (SSSR count). The molecule has 0 bridgehead atoms. The summed E-state index contributed by atoms with van der Waals surface area (Å²) in [5.41, 5.74) is 0. The predicted molar refractivity (Wildman–Crippen MR) is 68.4 cm³/mol. The molecule has 0 atom stereocenters. The second-order valence-corrected chi connectivity index (χ2v) is 4.73. The van der Waals surface area contributed by atoms with E-state index in [0.29, 0.717) is 25.9 Å². The van der Waals surface area contributed by atoms with Gasteiger partial charge in [-0.25, -0.2) is 4.79 Å². The van der Waals surface area contributed by atoms with Crippen molar-refractivity contribution in [2.45, 2.75) is 12.8 Å². The summed E-state index contributed by atoms with van der Waals surface area (Å²) >= 11 is 0. The Labute approximate surface area is 112 Å². The van der Waals surface area contributed by atoms with Crippen molar-refractivity contribution >= 4 is 17.9 Å². The summed E-state index contributed by atoms with van der Waals surface area (Å²) in [6.45, 7) is 1.02. The highest BCUT2D eigenvalue weighted by molar-refractivity contribution is 5.83. The Hall–Kier alpha value is -1.79. The minimum absolute atomic E-state index is 0.0339. The minimum atomic E-state index is -0.464. The van der Waals surface area contributed by atoms with Gasteiger partial charge in [0.2, 0.25) is 5.91 Å². The van der Waals surface area contributed by atoms with Crippen LogP contribution in [0, 0.1) is 5.92 Å². The standard InChI is InChI=1S/C12H21N3O4/c1-14(2)12(18)15-6-4-9(5-7-15)11(17)13-8-10(16)19-3/h9H,4-8H2,1-3H3,(H,13,17). The Kier molecular flexibility index (Phi) is 5.59. The first kappa shape index (κ1) is 15.3. The number of nitrogens with one attached hydrogen (secondary N) is 1. The van der Waals surface area contributed by atoms with Crippen LogP contribution in [0.5, 0.6) is 0 Å². The fourth-order valence-electron chi connectivity index (χ4n) is 1.99. The molecule has 1 heterocycles. The second kappa shape index (κ2) is 6.96. The van der Waals surface area contributed by atoms with Crippen LogP contribution in [0.3, 0.4) is 0 Å². The van der Waals surface area contributed by atoms with Crippen molar-refractivity contribution in [3.05, 3.63) is 0 Å². The molecule has 0 unspecified atom stereocenters. The highest BCUT2D eigenvalue weighted by Gasteiger charge is 2.27. The lowest BCUT2D eigenvalue weighted by molar-refractivity contribution is -0.141. The molecule has 3 amide bonds. The summed E-state index contributed by atoms with van der Waals surface area (Å²) in [6.07, 6.45) is 1.24. The number of amides is 3. The van der Waals surface area contributed by atoms with E-state index in [4.69, 9.17) is 0 Å². The van der Waals surface area contributed by atoms with E-state index in [2.05, 4.69) is 10.1 Å². The molecule has 0 aromatic carbocycles. The second-order valence-electron chi connectivity index (χ2n) is 4.73. The molecule has 0 aromatic heterocycles. The first-order valence-corrected chi connectivity index (χ1v) is 6.26. The van der Waals surface area contributed by atoms with Gasteiger partial charge in [0.15, 0.2) is 0 Å². The predicted octanol–water partition coefficient (Wildman–Crippen LogP) is -0.331. The van der Waals surface area contributed by atoms with Crippen molar-refractivity contribution in [3.63, 3.8) is 0 Å².